The summed E-state index contributed by atoms with van der Waals surface area (Å²) in [6, 6.07) is 1.60. The number of ether oxygens (including phenoxy) is 2. The van der Waals surface area contributed by atoms with Crippen LogP contribution in [0.1, 0.15) is 22.8 Å². The third kappa shape index (κ3) is 2.73. The van der Waals surface area contributed by atoms with E-state index in [1.54, 1.807) is 13.0 Å². The molecule has 0 saturated carbocycles. The van der Waals surface area contributed by atoms with Gasteiger partial charge in [0.1, 0.15) is 10.6 Å². The van der Waals surface area contributed by atoms with Crippen molar-refractivity contribution in [2.45, 2.75) is 13.8 Å². The Morgan fingerprint density at radius 3 is 2.39 bits per heavy atom. The standard InChI is InChI=1S/C12H14ClNO4/c1-6-5-8(14-7(2)15)10(13)11(17-3)9(6)12(16)18-4/h5H,1-4H3,(H,14,15). The van der Waals surface area contributed by atoms with Gasteiger partial charge in [0.05, 0.1) is 19.9 Å². The van der Waals surface area contributed by atoms with Crippen molar-refractivity contribution in [1.29, 1.82) is 0 Å². The third-order valence-electron chi connectivity index (χ3n) is 2.32. The Hall–Kier alpha value is -1.75. The van der Waals surface area contributed by atoms with Crippen LogP contribution in [-0.4, -0.2) is 26.1 Å². The lowest BCUT2D eigenvalue weighted by atomic mass is 10.1. The summed E-state index contributed by atoms with van der Waals surface area (Å²) in [6.45, 7) is 3.07. The van der Waals surface area contributed by atoms with Crippen LogP contribution in [0.2, 0.25) is 5.02 Å². The van der Waals surface area contributed by atoms with Gasteiger partial charge in [0.25, 0.3) is 0 Å². The van der Waals surface area contributed by atoms with E-state index in [0.29, 0.717) is 11.3 Å². The Kier molecular flexibility index (Phi) is 4.55. The molecule has 0 fully saturated rings. The summed E-state index contributed by atoms with van der Waals surface area (Å²) in [5, 5.41) is 2.74. The van der Waals surface area contributed by atoms with Gasteiger partial charge in [-0.25, -0.2) is 4.79 Å². The molecule has 1 rings (SSSR count). The van der Waals surface area contributed by atoms with Crippen LogP contribution >= 0.6 is 11.6 Å². The predicted octanol–water partition coefficient (Wildman–Crippen LogP) is 2.40. The van der Waals surface area contributed by atoms with Gasteiger partial charge in [-0.3, -0.25) is 4.79 Å². The van der Waals surface area contributed by atoms with Gasteiger partial charge < -0.3 is 14.8 Å². The van der Waals surface area contributed by atoms with Crippen molar-refractivity contribution in [3.8, 4) is 5.75 Å². The minimum atomic E-state index is -0.541. The molecule has 0 heterocycles. The van der Waals surface area contributed by atoms with Crippen molar-refractivity contribution >= 4 is 29.2 Å². The van der Waals surface area contributed by atoms with Gasteiger partial charge in [-0.2, -0.15) is 0 Å². The van der Waals surface area contributed by atoms with Gasteiger partial charge in [0.2, 0.25) is 5.91 Å². The number of esters is 1. The zero-order chi connectivity index (χ0) is 13.9. The van der Waals surface area contributed by atoms with E-state index in [0.717, 1.165) is 0 Å². The van der Waals surface area contributed by atoms with E-state index in [1.807, 2.05) is 0 Å². The second-order valence-electron chi connectivity index (χ2n) is 3.64. The second kappa shape index (κ2) is 5.73. The molecule has 0 unspecified atom stereocenters. The number of carbonyl (C=O) groups excluding carboxylic acids is 2. The molecule has 0 aliphatic rings. The quantitative estimate of drug-likeness (QED) is 0.858. The second-order valence-corrected chi connectivity index (χ2v) is 4.01. The van der Waals surface area contributed by atoms with Crippen molar-refractivity contribution in [2.24, 2.45) is 0 Å². The largest absolute Gasteiger partial charge is 0.494 e. The van der Waals surface area contributed by atoms with Gasteiger partial charge in [0, 0.05) is 6.92 Å². The Labute approximate surface area is 110 Å². The highest BCUT2D eigenvalue weighted by molar-refractivity contribution is 6.36. The number of rotatable bonds is 3. The van der Waals surface area contributed by atoms with E-state index in [9.17, 15) is 9.59 Å². The molecule has 1 aromatic rings. The highest BCUT2D eigenvalue weighted by Gasteiger charge is 2.22. The number of halogens is 1. The van der Waals surface area contributed by atoms with Crippen LogP contribution in [0.4, 0.5) is 5.69 Å². The lowest BCUT2D eigenvalue weighted by Crippen LogP contribution is -2.11. The number of benzene rings is 1. The number of amides is 1. The molecule has 1 amide bonds. The van der Waals surface area contributed by atoms with E-state index in [1.165, 1.54) is 21.1 Å². The van der Waals surface area contributed by atoms with E-state index < -0.39 is 5.97 Å². The number of carbonyl (C=O) groups is 2. The van der Waals surface area contributed by atoms with Gasteiger partial charge in [-0.15, -0.1) is 0 Å². The SMILES string of the molecule is COC(=O)c1c(C)cc(NC(C)=O)c(Cl)c1OC. The number of methoxy groups -OCH3 is 2. The van der Waals surface area contributed by atoms with Gasteiger partial charge in [0.15, 0.2) is 5.75 Å². The molecule has 0 aliphatic heterocycles. The van der Waals surface area contributed by atoms with Gasteiger partial charge in [-0.1, -0.05) is 11.6 Å². The molecule has 98 valence electrons. The van der Waals surface area contributed by atoms with Crippen LogP contribution in [0.5, 0.6) is 5.75 Å². The molecule has 0 saturated heterocycles. The minimum Gasteiger partial charge on any atom is -0.494 e. The first kappa shape index (κ1) is 14.3. The zero-order valence-corrected chi connectivity index (χ0v) is 11.3. The first-order valence-electron chi connectivity index (χ1n) is 5.15. The predicted molar refractivity (Wildman–Crippen MR) is 68.4 cm³/mol. The molecule has 0 spiro atoms. The molecule has 1 aromatic carbocycles. The Balaban J connectivity index is 3.44. The number of aryl methyl sites for hydroxylation is 1. The number of nitrogens with one attached hydrogen (secondary N) is 1. The lowest BCUT2D eigenvalue weighted by Gasteiger charge is -2.15. The van der Waals surface area contributed by atoms with Crippen molar-refractivity contribution in [3.05, 3.63) is 22.2 Å². The van der Waals surface area contributed by atoms with Crippen LogP contribution in [0.3, 0.4) is 0 Å². The van der Waals surface area contributed by atoms with E-state index in [-0.39, 0.29) is 22.2 Å². The maximum Gasteiger partial charge on any atom is 0.341 e. The Morgan fingerprint density at radius 2 is 1.94 bits per heavy atom. The number of hydrogen-bond donors (Lipinski definition) is 1. The first-order chi connectivity index (χ1) is 8.42. The number of hydrogen-bond acceptors (Lipinski definition) is 4. The zero-order valence-electron chi connectivity index (χ0n) is 10.6. The minimum absolute atomic E-state index is 0.165. The molecule has 0 bridgehead atoms. The summed E-state index contributed by atoms with van der Waals surface area (Å²) in [7, 11) is 2.67. The summed E-state index contributed by atoms with van der Waals surface area (Å²) in [5.74, 6) is -0.614. The molecule has 5 nitrogen and oxygen atoms in total. The molecule has 6 heteroatoms. The fraction of sp³-hybridized carbons (Fsp3) is 0.333. The smallest absolute Gasteiger partial charge is 0.341 e. The summed E-state index contributed by atoms with van der Waals surface area (Å²) in [4.78, 5) is 22.7. The van der Waals surface area contributed by atoms with Crippen molar-refractivity contribution in [3.63, 3.8) is 0 Å². The summed E-state index contributed by atoms with van der Waals surface area (Å²) >= 11 is 6.08. The molecule has 0 atom stereocenters. The van der Waals surface area contributed by atoms with Crippen LogP contribution in [-0.2, 0) is 9.53 Å². The van der Waals surface area contributed by atoms with E-state index in [4.69, 9.17) is 16.3 Å². The highest BCUT2D eigenvalue weighted by Crippen LogP contribution is 2.38. The third-order valence-corrected chi connectivity index (χ3v) is 2.70. The molecule has 0 radical (unpaired) electrons. The average molecular weight is 272 g/mol. The lowest BCUT2D eigenvalue weighted by molar-refractivity contribution is -0.114. The Morgan fingerprint density at radius 1 is 1.33 bits per heavy atom. The average Bonchev–Trinajstić information content (AvgIpc) is 2.31. The molecular formula is C12H14ClNO4. The van der Waals surface area contributed by atoms with E-state index >= 15 is 0 Å². The van der Waals surface area contributed by atoms with Crippen LogP contribution in [0.15, 0.2) is 6.07 Å². The normalized spacial score (nSPS) is 9.83. The Bertz CT molecular complexity index is 499. The maximum absolute atomic E-state index is 11.7. The highest BCUT2D eigenvalue weighted by atomic mass is 35.5. The fourth-order valence-electron chi connectivity index (χ4n) is 1.59. The van der Waals surface area contributed by atoms with Crippen molar-refractivity contribution in [2.75, 3.05) is 19.5 Å². The van der Waals surface area contributed by atoms with Gasteiger partial charge >= 0.3 is 5.97 Å². The summed E-state index contributed by atoms with van der Waals surface area (Å²) < 4.78 is 9.79. The number of anilines is 1. The monoisotopic (exact) mass is 271 g/mol. The first-order valence-corrected chi connectivity index (χ1v) is 5.53. The van der Waals surface area contributed by atoms with E-state index in [2.05, 4.69) is 10.1 Å². The molecule has 1 N–H and O–H groups in total. The molecule has 0 aliphatic carbocycles. The van der Waals surface area contributed by atoms with Crippen molar-refractivity contribution in [1.82, 2.24) is 0 Å². The maximum atomic E-state index is 11.7. The van der Waals surface area contributed by atoms with Crippen molar-refractivity contribution < 1.29 is 19.1 Å². The molecular weight excluding hydrogens is 258 g/mol. The fourth-order valence-corrected chi connectivity index (χ4v) is 1.86. The topological polar surface area (TPSA) is 64.6 Å². The van der Waals surface area contributed by atoms with Crippen LogP contribution < -0.4 is 10.1 Å². The molecule has 18 heavy (non-hydrogen) atoms. The van der Waals surface area contributed by atoms with Gasteiger partial charge in [-0.05, 0) is 18.6 Å². The summed E-state index contributed by atoms with van der Waals surface area (Å²) in [6.07, 6.45) is 0. The van der Waals surface area contributed by atoms with Crippen LogP contribution in [0.25, 0.3) is 0 Å². The summed E-state index contributed by atoms with van der Waals surface area (Å²) in [5.41, 5.74) is 1.25. The van der Waals surface area contributed by atoms with Crippen LogP contribution in [0, 0.1) is 6.92 Å². The molecule has 0 aromatic heterocycles.